The third kappa shape index (κ3) is 2.86. The lowest BCUT2D eigenvalue weighted by Crippen LogP contribution is -2.07. The first-order valence-corrected chi connectivity index (χ1v) is 5.90. The van der Waals surface area contributed by atoms with Gasteiger partial charge in [0.1, 0.15) is 0 Å². The Labute approximate surface area is 96.8 Å². The number of thioether (sulfide) groups is 1. The lowest BCUT2D eigenvalue weighted by molar-refractivity contribution is 0.0520. The van der Waals surface area contributed by atoms with Crippen LogP contribution >= 0.6 is 23.4 Å². The summed E-state index contributed by atoms with van der Waals surface area (Å²) in [6.07, 6.45) is 1.71. The highest BCUT2D eigenvalue weighted by atomic mass is 35.5. The minimum Gasteiger partial charge on any atom is -0.462 e. The summed E-state index contributed by atoms with van der Waals surface area (Å²) in [5, 5.41) is 0.323. The van der Waals surface area contributed by atoms with Crippen molar-refractivity contribution >= 4 is 29.3 Å². The normalized spacial score (nSPS) is 10.1. The summed E-state index contributed by atoms with van der Waals surface area (Å²) >= 11 is 6.95. The third-order valence-electron chi connectivity index (χ3n) is 1.72. The lowest BCUT2D eigenvalue weighted by Gasteiger charge is -2.06. The maximum atomic E-state index is 13.6. The number of ether oxygens (including phenoxy) is 1. The molecule has 0 saturated heterocycles. The van der Waals surface area contributed by atoms with E-state index in [1.54, 1.807) is 13.2 Å². The highest BCUT2D eigenvalue weighted by Crippen LogP contribution is 2.26. The van der Waals surface area contributed by atoms with E-state index in [1.807, 2.05) is 0 Å². The van der Waals surface area contributed by atoms with Gasteiger partial charge in [-0.25, -0.2) is 9.18 Å². The molecule has 0 fully saturated rings. The number of carbonyl (C=O) groups excluding carboxylic acids is 1. The topological polar surface area (TPSA) is 26.3 Å². The molecular formula is C10H10ClFO2S. The van der Waals surface area contributed by atoms with E-state index in [0.717, 1.165) is 0 Å². The Morgan fingerprint density at radius 2 is 2.27 bits per heavy atom. The van der Waals surface area contributed by atoms with Crippen LogP contribution in [0.25, 0.3) is 0 Å². The molecule has 0 atom stereocenters. The minimum atomic E-state index is -0.687. The predicted molar refractivity (Wildman–Crippen MR) is 59.1 cm³/mol. The maximum absolute atomic E-state index is 13.6. The van der Waals surface area contributed by atoms with E-state index in [2.05, 4.69) is 0 Å². The SMILES string of the molecule is CCOC(=O)c1cc(Cl)cc(SC)c1F. The van der Waals surface area contributed by atoms with Gasteiger partial charge in [0.15, 0.2) is 5.82 Å². The molecular weight excluding hydrogens is 239 g/mol. The summed E-state index contributed by atoms with van der Waals surface area (Å²) in [7, 11) is 0. The van der Waals surface area contributed by atoms with Crippen LogP contribution in [0.1, 0.15) is 17.3 Å². The van der Waals surface area contributed by atoms with E-state index in [9.17, 15) is 9.18 Å². The molecule has 0 aliphatic rings. The molecule has 0 aliphatic heterocycles. The standard InChI is InChI=1S/C10H10ClFO2S/c1-3-14-10(13)7-4-6(11)5-8(15-2)9(7)12/h4-5H,3H2,1-2H3. The van der Waals surface area contributed by atoms with Gasteiger partial charge in [-0.2, -0.15) is 0 Å². The van der Waals surface area contributed by atoms with Gasteiger partial charge in [0, 0.05) is 9.92 Å². The van der Waals surface area contributed by atoms with Crippen molar-refractivity contribution in [3.8, 4) is 0 Å². The molecule has 0 spiro atoms. The Morgan fingerprint density at radius 3 is 2.80 bits per heavy atom. The van der Waals surface area contributed by atoms with Gasteiger partial charge in [-0.15, -0.1) is 11.8 Å². The predicted octanol–water partition coefficient (Wildman–Crippen LogP) is 3.38. The zero-order chi connectivity index (χ0) is 11.4. The van der Waals surface area contributed by atoms with Crippen molar-refractivity contribution in [2.75, 3.05) is 12.9 Å². The fourth-order valence-electron chi connectivity index (χ4n) is 1.07. The molecule has 1 aromatic carbocycles. The molecule has 0 aromatic heterocycles. The van der Waals surface area contributed by atoms with E-state index in [4.69, 9.17) is 16.3 Å². The average Bonchev–Trinajstić information content (AvgIpc) is 2.21. The molecule has 0 aliphatic carbocycles. The van der Waals surface area contributed by atoms with Crippen LogP contribution in [0.3, 0.4) is 0 Å². The van der Waals surface area contributed by atoms with Crippen LogP contribution in [0.15, 0.2) is 17.0 Å². The average molecular weight is 249 g/mol. The number of carbonyl (C=O) groups is 1. The number of hydrogen-bond acceptors (Lipinski definition) is 3. The molecule has 2 nitrogen and oxygen atoms in total. The quantitative estimate of drug-likeness (QED) is 0.606. The molecule has 1 rings (SSSR count). The fourth-order valence-corrected chi connectivity index (χ4v) is 1.89. The van der Waals surface area contributed by atoms with E-state index in [-0.39, 0.29) is 12.2 Å². The molecule has 0 unspecified atom stereocenters. The molecule has 5 heteroatoms. The maximum Gasteiger partial charge on any atom is 0.341 e. The van der Waals surface area contributed by atoms with E-state index < -0.39 is 11.8 Å². The Hall–Kier alpha value is -0.740. The van der Waals surface area contributed by atoms with Crippen molar-refractivity contribution < 1.29 is 13.9 Å². The molecule has 0 radical (unpaired) electrons. The smallest absolute Gasteiger partial charge is 0.341 e. The lowest BCUT2D eigenvalue weighted by atomic mass is 10.2. The molecule has 0 saturated carbocycles. The van der Waals surface area contributed by atoms with Crippen molar-refractivity contribution in [3.05, 3.63) is 28.5 Å². The van der Waals surface area contributed by atoms with Gasteiger partial charge in [0.2, 0.25) is 0 Å². The number of hydrogen-bond donors (Lipinski definition) is 0. The zero-order valence-corrected chi connectivity index (χ0v) is 9.91. The molecule has 0 heterocycles. The van der Waals surface area contributed by atoms with Crippen LogP contribution in [-0.2, 0) is 4.74 Å². The van der Waals surface area contributed by atoms with E-state index in [1.165, 1.54) is 23.9 Å². The molecule has 0 N–H and O–H groups in total. The second-order valence-corrected chi connectivity index (χ2v) is 3.97. The third-order valence-corrected chi connectivity index (χ3v) is 2.67. The van der Waals surface area contributed by atoms with Crippen LogP contribution in [0.2, 0.25) is 5.02 Å². The minimum absolute atomic E-state index is 0.117. The van der Waals surface area contributed by atoms with Gasteiger partial charge in [-0.3, -0.25) is 0 Å². The summed E-state index contributed by atoms with van der Waals surface area (Å²) in [4.78, 5) is 11.7. The second-order valence-electron chi connectivity index (χ2n) is 2.69. The largest absolute Gasteiger partial charge is 0.462 e. The Bertz CT molecular complexity index is 382. The monoisotopic (exact) mass is 248 g/mol. The molecule has 15 heavy (non-hydrogen) atoms. The molecule has 82 valence electrons. The van der Waals surface area contributed by atoms with E-state index >= 15 is 0 Å². The van der Waals surface area contributed by atoms with Crippen molar-refractivity contribution in [1.29, 1.82) is 0 Å². The fraction of sp³-hybridized carbons (Fsp3) is 0.300. The van der Waals surface area contributed by atoms with Gasteiger partial charge in [-0.05, 0) is 25.3 Å². The highest BCUT2D eigenvalue weighted by Gasteiger charge is 2.17. The number of benzene rings is 1. The van der Waals surface area contributed by atoms with Crippen LogP contribution in [0.4, 0.5) is 4.39 Å². The van der Waals surface area contributed by atoms with Crippen molar-refractivity contribution in [2.45, 2.75) is 11.8 Å². The molecule has 1 aromatic rings. The van der Waals surface area contributed by atoms with Gasteiger partial charge >= 0.3 is 5.97 Å². The number of esters is 1. The first-order valence-electron chi connectivity index (χ1n) is 4.30. The van der Waals surface area contributed by atoms with Crippen molar-refractivity contribution in [3.63, 3.8) is 0 Å². The zero-order valence-electron chi connectivity index (χ0n) is 8.34. The van der Waals surface area contributed by atoms with Crippen LogP contribution in [0, 0.1) is 5.82 Å². The first-order chi connectivity index (χ1) is 7.10. The van der Waals surface area contributed by atoms with Gasteiger partial charge < -0.3 is 4.74 Å². The Kier molecular flexibility index (Phi) is 4.42. The highest BCUT2D eigenvalue weighted by molar-refractivity contribution is 7.98. The molecule has 0 amide bonds. The van der Waals surface area contributed by atoms with Crippen molar-refractivity contribution in [2.24, 2.45) is 0 Å². The Morgan fingerprint density at radius 1 is 1.60 bits per heavy atom. The van der Waals surface area contributed by atoms with Gasteiger partial charge in [-0.1, -0.05) is 11.6 Å². The van der Waals surface area contributed by atoms with Gasteiger partial charge in [0.25, 0.3) is 0 Å². The number of rotatable bonds is 3. The summed E-state index contributed by atoms with van der Waals surface area (Å²) in [6.45, 7) is 1.87. The van der Waals surface area contributed by atoms with E-state index in [0.29, 0.717) is 9.92 Å². The Balaban J connectivity index is 3.17. The van der Waals surface area contributed by atoms with Crippen LogP contribution < -0.4 is 0 Å². The van der Waals surface area contributed by atoms with Crippen molar-refractivity contribution in [1.82, 2.24) is 0 Å². The van der Waals surface area contributed by atoms with Gasteiger partial charge in [0.05, 0.1) is 12.2 Å². The summed E-state index contributed by atoms with van der Waals surface area (Å²) in [6, 6.07) is 2.75. The van der Waals surface area contributed by atoms with Crippen LogP contribution in [-0.4, -0.2) is 18.8 Å². The second kappa shape index (κ2) is 5.37. The number of halogens is 2. The van der Waals surface area contributed by atoms with Crippen LogP contribution in [0.5, 0.6) is 0 Å². The summed E-state index contributed by atoms with van der Waals surface area (Å²) in [5.74, 6) is -1.27. The first kappa shape index (κ1) is 12.3. The summed E-state index contributed by atoms with van der Waals surface area (Å²) < 4.78 is 18.4. The molecule has 0 bridgehead atoms. The summed E-state index contributed by atoms with van der Waals surface area (Å²) in [5.41, 5.74) is -0.117.